The molecule has 0 heterocycles. The average molecular weight is 699 g/mol. The van der Waals surface area contributed by atoms with Crippen molar-refractivity contribution in [3.63, 3.8) is 0 Å². The summed E-state index contributed by atoms with van der Waals surface area (Å²) in [5.41, 5.74) is 11.7. The summed E-state index contributed by atoms with van der Waals surface area (Å²) in [4.78, 5) is 0. The quantitative estimate of drug-likeness (QED) is 0.350. The summed E-state index contributed by atoms with van der Waals surface area (Å²) in [5.74, 6) is 0. The molecule has 42 heavy (non-hydrogen) atoms. The molecule has 6 rings (SSSR count). The first kappa shape index (κ1) is 34.5. The molecule has 2 fully saturated rings. The first-order chi connectivity index (χ1) is 19.1. The Morgan fingerprint density at radius 2 is 1.26 bits per heavy atom. The third-order valence-electron chi connectivity index (χ3n) is 10.5. The molecule has 0 unspecified atom stereocenters. The average Bonchev–Trinajstić information content (AvgIpc) is 3.59. The zero-order valence-electron chi connectivity index (χ0n) is 27.0. The molecule has 0 N–H and O–H groups in total. The van der Waals surface area contributed by atoms with Gasteiger partial charge in [-0.1, -0.05) is 0 Å². The van der Waals surface area contributed by atoms with E-state index in [0.29, 0.717) is 0 Å². The first-order valence-corrected chi connectivity index (χ1v) is 24.3. The van der Waals surface area contributed by atoms with E-state index in [0.717, 1.165) is 11.1 Å². The van der Waals surface area contributed by atoms with Gasteiger partial charge in [-0.15, -0.1) is 0 Å². The number of halogens is 2. The van der Waals surface area contributed by atoms with E-state index in [2.05, 4.69) is 90.1 Å². The Labute approximate surface area is 277 Å². The topological polar surface area (TPSA) is 0 Å². The maximum absolute atomic E-state index is 2.82. The summed E-state index contributed by atoms with van der Waals surface area (Å²) in [6.45, 7) is 14.5. The van der Waals surface area contributed by atoms with Gasteiger partial charge in [0, 0.05) is 0 Å². The van der Waals surface area contributed by atoms with E-state index in [9.17, 15) is 0 Å². The Kier molecular flexibility index (Phi) is 11.4. The molecule has 0 aliphatic heterocycles. The van der Waals surface area contributed by atoms with Gasteiger partial charge in [-0.25, -0.2) is 0 Å². The molecule has 0 nitrogen and oxygen atoms in total. The number of fused-ring (bicyclic) bond motifs is 3. The fraction of sp³-hybridized carbons (Fsp3) is 0.579. The number of hydrogen-bond donors (Lipinski definition) is 0. The van der Waals surface area contributed by atoms with Crippen molar-refractivity contribution in [3.05, 3.63) is 74.1 Å². The predicted molar refractivity (Wildman–Crippen MR) is 173 cm³/mol. The molecular weight excluding hydrogens is 647 g/mol. The smallest absolute Gasteiger partial charge is 1.00 e. The Morgan fingerprint density at radius 3 is 1.79 bits per heavy atom. The number of hydrogen-bond acceptors (Lipinski definition) is 0. The van der Waals surface area contributed by atoms with Crippen LogP contribution in [0.2, 0.25) is 11.1 Å². The molecule has 0 atom stereocenters. The fourth-order valence-corrected chi connectivity index (χ4v) is 34.4. The molecule has 2 saturated carbocycles. The van der Waals surface area contributed by atoms with Crippen molar-refractivity contribution in [2.45, 2.75) is 141 Å². The molecule has 2 aromatic carbocycles. The van der Waals surface area contributed by atoms with Crippen LogP contribution in [0.4, 0.5) is 0 Å². The minimum absolute atomic E-state index is 0. The number of benzene rings is 2. The second-order valence-corrected chi connectivity index (χ2v) is 29.9. The molecule has 226 valence electrons. The van der Waals surface area contributed by atoms with Crippen LogP contribution in [0.25, 0.3) is 11.1 Å². The van der Waals surface area contributed by atoms with E-state index in [-0.39, 0.29) is 35.6 Å². The van der Waals surface area contributed by atoms with Crippen LogP contribution in [0, 0.1) is 0 Å². The summed E-state index contributed by atoms with van der Waals surface area (Å²) in [5, 5.41) is 0. The molecule has 0 aromatic heterocycles. The van der Waals surface area contributed by atoms with Crippen LogP contribution in [0.5, 0.6) is 0 Å². The van der Waals surface area contributed by atoms with Crippen molar-refractivity contribution in [1.82, 2.24) is 0 Å². The standard InChI is InChI=1S/C21H25.C12H22Si.C5H5.2ClH.Zr/c1-20(2,3)16-9-7-14-11-15-8-10-17(21(4,5)6)13-19(15)18(14)12-16;1-3-7-11(8-4-1)13-12-9-5-2-6-10-12;1-2-4-5-3-1;;;/h7,9-10,12-13H,11H2,1-6H3;11-12H,1-10H2;1-3H,4H2;2*1H;/q;;;;;+2/p-2. The minimum Gasteiger partial charge on any atom is -1.00 e. The van der Waals surface area contributed by atoms with E-state index in [1.54, 1.807) is 53.5 Å². The summed E-state index contributed by atoms with van der Waals surface area (Å²) in [7, 11) is 0. The Hall–Kier alpha value is -0.400. The van der Waals surface area contributed by atoms with Gasteiger partial charge in [0.05, 0.1) is 0 Å². The molecule has 0 saturated heterocycles. The molecule has 4 aliphatic rings. The van der Waals surface area contributed by atoms with Gasteiger partial charge in [-0.05, 0) is 0 Å². The molecule has 0 bridgehead atoms. The zero-order valence-corrected chi connectivity index (χ0v) is 32.0. The number of allylic oxidation sites excluding steroid dienone is 4. The molecule has 2 aromatic rings. The maximum atomic E-state index is 2.82. The Morgan fingerprint density at radius 1 is 0.690 bits per heavy atom. The van der Waals surface area contributed by atoms with Crippen molar-refractivity contribution >= 4 is 8.70 Å². The van der Waals surface area contributed by atoms with Gasteiger partial charge < -0.3 is 24.8 Å². The zero-order chi connectivity index (χ0) is 28.1. The largest absolute Gasteiger partial charge is 1.00 e. The van der Waals surface area contributed by atoms with Crippen LogP contribution < -0.4 is 28.1 Å². The normalized spacial score (nSPS) is 18.7. The van der Waals surface area contributed by atoms with Gasteiger partial charge in [-0.2, -0.15) is 0 Å². The van der Waals surface area contributed by atoms with E-state index < -0.39 is 25.8 Å². The van der Waals surface area contributed by atoms with Gasteiger partial charge in [0.1, 0.15) is 0 Å². The van der Waals surface area contributed by atoms with Crippen LogP contribution in [0.1, 0.15) is 134 Å². The SMILES string of the molecule is CC(C)(C)c1ccc2c(c1)-c1cc(C(C)(C)C)c[c]([Zr+2]([C]3=CC=CC3)=[Si](C3CCCCC3)C3CCCCC3)c1C2.[Cl-].[Cl-]. The Balaban J connectivity index is 0.00000202. The molecule has 0 spiro atoms. The van der Waals surface area contributed by atoms with Crippen LogP contribution in [0.15, 0.2) is 51.8 Å². The third-order valence-corrected chi connectivity index (χ3v) is 32.7. The van der Waals surface area contributed by atoms with Gasteiger partial charge in [0.25, 0.3) is 0 Å². The predicted octanol–water partition coefficient (Wildman–Crippen LogP) is 4.61. The molecule has 0 amide bonds. The van der Waals surface area contributed by atoms with Crippen molar-refractivity contribution < 1.29 is 45.2 Å². The van der Waals surface area contributed by atoms with E-state index in [1.165, 1.54) is 56.9 Å². The van der Waals surface area contributed by atoms with Crippen LogP contribution in [-0.2, 0) is 37.6 Å². The number of rotatable bonds is 4. The monoisotopic (exact) mass is 696 g/mol. The van der Waals surface area contributed by atoms with E-state index >= 15 is 0 Å². The van der Waals surface area contributed by atoms with Gasteiger partial charge in [-0.3, -0.25) is 0 Å². The second kappa shape index (κ2) is 13.9. The van der Waals surface area contributed by atoms with Crippen molar-refractivity contribution in [1.29, 1.82) is 0 Å². The summed E-state index contributed by atoms with van der Waals surface area (Å²) >= 11 is -2.16. The minimum atomic E-state index is -2.16. The van der Waals surface area contributed by atoms with Crippen LogP contribution in [0.3, 0.4) is 0 Å². The van der Waals surface area contributed by atoms with Gasteiger partial charge in [0.15, 0.2) is 0 Å². The third kappa shape index (κ3) is 7.03. The molecule has 4 aliphatic carbocycles. The second-order valence-electron chi connectivity index (χ2n) is 15.4. The van der Waals surface area contributed by atoms with Gasteiger partial charge in [0.2, 0.25) is 0 Å². The van der Waals surface area contributed by atoms with E-state index in [1.807, 2.05) is 6.55 Å². The van der Waals surface area contributed by atoms with Crippen molar-refractivity contribution in [3.8, 4) is 11.1 Å². The van der Waals surface area contributed by atoms with Crippen molar-refractivity contribution in [2.75, 3.05) is 0 Å². The molecular formula is C38H52Cl2SiZr. The van der Waals surface area contributed by atoms with Gasteiger partial charge >= 0.3 is 255 Å². The van der Waals surface area contributed by atoms with Crippen LogP contribution >= 0.6 is 0 Å². The van der Waals surface area contributed by atoms with Crippen molar-refractivity contribution in [2.24, 2.45) is 0 Å². The Bertz CT molecular complexity index is 1350. The fourth-order valence-electron chi connectivity index (χ4n) is 8.11. The molecule has 0 radical (unpaired) electrons. The summed E-state index contributed by atoms with van der Waals surface area (Å²) in [6.07, 6.45) is 25.2. The first-order valence-electron chi connectivity index (χ1n) is 16.5. The molecule has 4 heteroatoms. The maximum Gasteiger partial charge on any atom is -1.00 e. The van der Waals surface area contributed by atoms with Crippen LogP contribution in [-0.4, -0.2) is 5.43 Å². The summed E-state index contributed by atoms with van der Waals surface area (Å²) < 4.78 is 3.89. The van der Waals surface area contributed by atoms with E-state index in [4.69, 9.17) is 0 Å². The summed E-state index contributed by atoms with van der Waals surface area (Å²) in [6, 6.07) is 12.9.